The molecule has 0 aliphatic carbocycles. The molecule has 1 heterocycles. The number of aromatic amines is 1. The quantitative estimate of drug-likeness (QED) is 0.207. The van der Waals surface area contributed by atoms with Gasteiger partial charge >= 0.3 is 0 Å². The van der Waals surface area contributed by atoms with Crippen molar-refractivity contribution < 1.29 is 18.6 Å². The van der Waals surface area contributed by atoms with Gasteiger partial charge < -0.3 is 19.6 Å². The van der Waals surface area contributed by atoms with E-state index in [2.05, 4.69) is 10.3 Å². The molecule has 194 valence electrons. The van der Waals surface area contributed by atoms with Gasteiger partial charge in [0.05, 0.1) is 24.5 Å². The van der Waals surface area contributed by atoms with Crippen molar-refractivity contribution >= 4 is 52.5 Å². The maximum absolute atomic E-state index is 14.7. The number of allylic oxidation sites excluding steroid dienone is 1. The number of aryl methyl sites for hydroxylation is 1. The molecule has 7 nitrogen and oxygen atoms in total. The summed E-state index contributed by atoms with van der Waals surface area (Å²) in [6, 6.07) is 19.5. The van der Waals surface area contributed by atoms with Crippen molar-refractivity contribution in [1.29, 1.82) is 5.26 Å². The highest BCUT2D eigenvalue weighted by Gasteiger charge is 2.36. The zero-order valence-electron chi connectivity index (χ0n) is 21.4. The van der Waals surface area contributed by atoms with Crippen LogP contribution in [0.3, 0.4) is 0 Å². The number of amides is 1. The van der Waals surface area contributed by atoms with E-state index in [0.717, 1.165) is 11.1 Å². The maximum Gasteiger partial charge on any atom is 0.269 e. The zero-order valence-corrected chi connectivity index (χ0v) is 23.1. The van der Waals surface area contributed by atoms with Crippen molar-refractivity contribution in [2.75, 3.05) is 14.2 Å². The second-order valence-corrected chi connectivity index (χ2v) is 11.7. The Morgan fingerprint density at radius 3 is 2.53 bits per heavy atom. The second kappa shape index (κ2) is 11.3. The largest absolute Gasteiger partial charge is 0.497 e. The first-order valence-electron chi connectivity index (χ1n) is 11.8. The molecule has 38 heavy (non-hydrogen) atoms. The Balaban J connectivity index is 1.85. The van der Waals surface area contributed by atoms with E-state index in [1.54, 1.807) is 43.5 Å². The molecule has 0 bridgehead atoms. The molecule has 3 aromatic carbocycles. The lowest BCUT2D eigenvalue weighted by Gasteiger charge is -2.20. The smallest absolute Gasteiger partial charge is 0.269 e. The van der Waals surface area contributed by atoms with Crippen molar-refractivity contribution in [2.24, 2.45) is 0 Å². The zero-order chi connectivity index (χ0) is 27.4. The van der Waals surface area contributed by atoms with Gasteiger partial charge in [0.15, 0.2) is 0 Å². The molecule has 2 N–H and O–H groups in total. The molecule has 0 fully saturated rings. The summed E-state index contributed by atoms with van der Waals surface area (Å²) in [7, 11) is -0.858. The fourth-order valence-electron chi connectivity index (χ4n) is 4.38. The highest BCUT2D eigenvalue weighted by molar-refractivity contribution is 7.75. The minimum absolute atomic E-state index is 0.128. The van der Waals surface area contributed by atoms with Crippen LogP contribution in [0.4, 0.5) is 0 Å². The number of halogens is 1. The maximum atomic E-state index is 14.7. The van der Waals surface area contributed by atoms with Crippen molar-refractivity contribution in [3.63, 3.8) is 0 Å². The van der Waals surface area contributed by atoms with Crippen LogP contribution in [-0.2, 0) is 9.09 Å². The first kappa shape index (κ1) is 27.2. The highest BCUT2D eigenvalue weighted by atomic mass is 35.5. The number of hydrogen-bond donors (Lipinski definition) is 2. The van der Waals surface area contributed by atoms with Gasteiger partial charge in [0.25, 0.3) is 13.3 Å². The molecule has 0 saturated heterocycles. The molecule has 0 radical (unpaired) electrons. The molecular formula is C29H27ClN3O4P. The van der Waals surface area contributed by atoms with Crippen LogP contribution in [-0.4, -0.2) is 25.1 Å². The SMILES string of the molecule is COc1ccc([C@@H](C)NC(=O)c2[nH]c3ccc(Cl)cc3c2[P@@](=O)(OC)c2cc(C)cc(/C=C/C#N)c2)cc1. The molecular weight excluding hydrogens is 521 g/mol. The fourth-order valence-corrected chi connectivity index (χ4v) is 6.85. The van der Waals surface area contributed by atoms with E-state index in [0.29, 0.717) is 32.5 Å². The summed E-state index contributed by atoms with van der Waals surface area (Å²) in [6.07, 6.45) is 2.98. The molecule has 2 atom stereocenters. The number of fused-ring (bicyclic) bond motifs is 1. The lowest BCUT2D eigenvalue weighted by molar-refractivity contribution is 0.0936. The lowest BCUT2D eigenvalue weighted by Crippen LogP contribution is -2.32. The van der Waals surface area contributed by atoms with Gasteiger partial charge in [-0.15, -0.1) is 0 Å². The van der Waals surface area contributed by atoms with E-state index in [1.807, 2.05) is 50.2 Å². The van der Waals surface area contributed by atoms with Gasteiger partial charge in [0, 0.05) is 34.4 Å². The van der Waals surface area contributed by atoms with Crippen LogP contribution in [0.25, 0.3) is 17.0 Å². The Hall–Kier alpha value is -3.82. The Morgan fingerprint density at radius 2 is 1.87 bits per heavy atom. The van der Waals surface area contributed by atoms with E-state index in [9.17, 15) is 9.36 Å². The van der Waals surface area contributed by atoms with Gasteiger partial charge in [-0.2, -0.15) is 5.26 Å². The number of aromatic nitrogens is 1. The summed E-state index contributed by atoms with van der Waals surface area (Å²) in [5.41, 5.74) is 3.12. The molecule has 0 aliphatic rings. The molecule has 1 aromatic heterocycles. The summed E-state index contributed by atoms with van der Waals surface area (Å²) >= 11 is 6.32. The standard InChI is InChI=1S/C29H27ClN3O4P/c1-18-14-20(6-5-13-31)16-24(15-18)38(35,37-4)28-25-17-22(30)9-12-26(25)33-27(28)29(34)32-19(2)21-7-10-23(36-3)11-8-21/h5-12,14-17,19,33H,1-4H3,(H,32,34)/b6-5+/t19-,38+/m1/s1. The molecule has 1 amide bonds. The number of rotatable bonds is 8. The number of nitriles is 1. The van der Waals surface area contributed by atoms with Crippen molar-refractivity contribution in [1.82, 2.24) is 10.3 Å². The molecule has 0 unspecified atom stereocenters. The first-order valence-corrected chi connectivity index (χ1v) is 13.8. The van der Waals surface area contributed by atoms with Gasteiger partial charge in [0.1, 0.15) is 11.4 Å². The number of nitrogens with one attached hydrogen (secondary N) is 2. The second-order valence-electron chi connectivity index (χ2n) is 8.81. The van der Waals surface area contributed by atoms with E-state index >= 15 is 0 Å². The summed E-state index contributed by atoms with van der Waals surface area (Å²) in [4.78, 5) is 16.8. The minimum atomic E-state index is -3.81. The fraction of sp³-hybridized carbons (Fsp3) is 0.172. The third-order valence-corrected chi connectivity index (χ3v) is 8.99. The van der Waals surface area contributed by atoms with Crippen molar-refractivity contribution in [3.8, 4) is 11.8 Å². The number of benzene rings is 3. The van der Waals surface area contributed by atoms with Gasteiger partial charge in [0.2, 0.25) is 0 Å². The molecule has 9 heteroatoms. The van der Waals surface area contributed by atoms with Gasteiger partial charge in [-0.3, -0.25) is 9.36 Å². The molecule has 0 aliphatic heterocycles. The normalized spacial score (nSPS) is 13.7. The number of carbonyl (C=O) groups excluding carboxylic acids is 1. The van der Waals surface area contributed by atoms with Crippen LogP contribution < -0.4 is 20.7 Å². The molecule has 4 rings (SSSR count). The molecule has 0 saturated carbocycles. The van der Waals surface area contributed by atoms with Crippen molar-refractivity contribution in [2.45, 2.75) is 19.9 Å². The van der Waals surface area contributed by atoms with E-state index in [4.69, 9.17) is 26.1 Å². The Bertz CT molecular complexity index is 1620. The number of nitrogens with zero attached hydrogens (tertiary/aromatic N) is 1. The lowest BCUT2D eigenvalue weighted by atomic mass is 10.1. The van der Waals surface area contributed by atoms with Gasteiger partial charge in [-0.05, 0) is 79.1 Å². The topological polar surface area (TPSA) is 104 Å². The van der Waals surface area contributed by atoms with Crippen LogP contribution in [0.1, 0.15) is 40.1 Å². The Morgan fingerprint density at radius 1 is 1.13 bits per heavy atom. The van der Waals surface area contributed by atoms with Gasteiger partial charge in [-0.25, -0.2) is 0 Å². The molecule has 4 aromatic rings. The number of hydrogen-bond acceptors (Lipinski definition) is 5. The van der Waals surface area contributed by atoms with Crippen LogP contribution >= 0.6 is 19.0 Å². The number of H-pyrrole nitrogens is 1. The van der Waals surface area contributed by atoms with E-state index in [1.165, 1.54) is 13.2 Å². The predicted molar refractivity (Wildman–Crippen MR) is 152 cm³/mol. The first-order chi connectivity index (χ1) is 18.2. The predicted octanol–water partition coefficient (Wildman–Crippen LogP) is 6.04. The third kappa shape index (κ3) is 5.39. The van der Waals surface area contributed by atoms with E-state index < -0.39 is 13.3 Å². The minimum Gasteiger partial charge on any atom is -0.497 e. The van der Waals surface area contributed by atoms with Crippen LogP contribution in [0.5, 0.6) is 5.75 Å². The van der Waals surface area contributed by atoms with Gasteiger partial charge in [-0.1, -0.05) is 29.8 Å². The summed E-state index contributed by atoms with van der Waals surface area (Å²) in [6.45, 7) is 3.73. The highest BCUT2D eigenvalue weighted by Crippen LogP contribution is 2.47. The Labute approximate surface area is 226 Å². The van der Waals surface area contributed by atoms with Crippen LogP contribution in [0.2, 0.25) is 5.02 Å². The average molecular weight is 548 g/mol. The summed E-state index contributed by atoms with van der Waals surface area (Å²) < 4.78 is 25.7. The van der Waals surface area contributed by atoms with E-state index in [-0.39, 0.29) is 17.0 Å². The number of carbonyl (C=O) groups is 1. The third-order valence-electron chi connectivity index (χ3n) is 6.25. The average Bonchev–Trinajstić information content (AvgIpc) is 3.30. The molecule has 0 spiro atoms. The van der Waals surface area contributed by atoms with Crippen LogP contribution in [0.15, 0.2) is 66.7 Å². The number of methoxy groups -OCH3 is 1. The summed E-state index contributed by atoms with van der Waals surface area (Å²) in [5, 5.41) is 13.5. The monoisotopic (exact) mass is 547 g/mol. The van der Waals surface area contributed by atoms with Crippen molar-refractivity contribution in [3.05, 3.63) is 94.1 Å². The van der Waals surface area contributed by atoms with Crippen LogP contribution in [0, 0.1) is 18.3 Å². The Kier molecular flexibility index (Phi) is 8.08. The number of ether oxygens (including phenoxy) is 1. The summed E-state index contributed by atoms with van der Waals surface area (Å²) in [5.74, 6) is 0.274.